The van der Waals surface area contributed by atoms with Gasteiger partial charge >= 0.3 is 0 Å². The molecule has 0 spiro atoms. The molecule has 3 nitrogen and oxygen atoms in total. The predicted octanol–water partition coefficient (Wildman–Crippen LogP) is 4.57. The Morgan fingerprint density at radius 1 is 1.17 bits per heavy atom. The van der Waals surface area contributed by atoms with Gasteiger partial charge in [0, 0.05) is 0 Å². The highest BCUT2D eigenvalue weighted by atomic mass is 19.1. The van der Waals surface area contributed by atoms with Crippen LogP contribution >= 0.6 is 0 Å². The summed E-state index contributed by atoms with van der Waals surface area (Å²) in [4.78, 5) is 0. The van der Waals surface area contributed by atoms with Crippen molar-refractivity contribution >= 4 is 0 Å². The molecule has 2 rings (SSSR count). The van der Waals surface area contributed by atoms with Gasteiger partial charge in [-0.1, -0.05) is 24.3 Å². The van der Waals surface area contributed by atoms with Crippen LogP contribution in [0.1, 0.15) is 36.8 Å². The van der Waals surface area contributed by atoms with Crippen LogP contribution in [0.2, 0.25) is 0 Å². The number of benzene rings is 1. The number of nitrogens with zero attached hydrogens (tertiary/aromatic N) is 2. The van der Waals surface area contributed by atoms with Gasteiger partial charge in [-0.05, 0) is 55.4 Å². The number of allylic oxidation sites excluding steroid dienone is 4. The van der Waals surface area contributed by atoms with Crippen LogP contribution in [-0.2, 0) is 11.3 Å². The molecule has 1 aromatic carbocycles. The van der Waals surface area contributed by atoms with Crippen molar-refractivity contribution in [3.63, 3.8) is 0 Å². The van der Waals surface area contributed by atoms with Gasteiger partial charge in [0.05, 0.1) is 24.3 Å². The number of ether oxygens (including phenoxy) is 1. The van der Waals surface area contributed by atoms with Crippen molar-refractivity contribution in [2.24, 2.45) is 5.92 Å². The van der Waals surface area contributed by atoms with Gasteiger partial charge in [-0.15, -0.1) is 0 Å². The van der Waals surface area contributed by atoms with Gasteiger partial charge < -0.3 is 4.74 Å². The second kappa shape index (κ2) is 8.88. The fraction of sp³-hybridized carbons (Fsp3) is 0.368. The standard InChI is InChI=1S/C19H19FN2O/c20-18(13-22)3-1-2-15-8-10-19(11-9-15)23-14-17-6-4-16(12-21)5-7-17/h1-7,15,19H,8-11,14H2/b2-1+,18-3-/t15-,19-. The summed E-state index contributed by atoms with van der Waals surface area (Å²) in [6.07, 6.45) is 9.03. The van der Waals surface area contributed by atoms with Gasteiger partial charge in [0.1, 0.15) is 6.07 Å². The lowest BCUT2D eigenvalue weighted by Gasteiger charge is -2.26. The van der Waals surface area contributed by atoms with Crippen LogP contribution in [0.15, 0.2) is 48.3 Å². The van der Waals surface area contributed by atoms with Crippen LogP contribution in [0.25, 0.3) is 0 Å². The van der Waals surface area contributed by atoms with Crippen LogP contribution in [0, 0.1) is 28.6 Å². The SMILES string of the molecule is N#C/C(F)=C/C=C/[C@H]1CC[C@H](OCc2ccc(C#N)cc2)CC1. The molecular formula is C19H19FN2O. The molecule has 23 heavy (non-hydrogen) atoms. The van der Waals surface area contributed by atoms with Crippen molar-refractivity contribution in [1.29, 1.82) is 10.5 Å². The second-order valence-corrected chi connectivity index (χ2v) is 5.67. The maximum Gasteiger partial charge on any atom is 0.199 e. The fourth-order valence-corrected chi connectivity index (χ4v) is 2.67. The van der Waals surface area contributed by atoms with E-state index in [0.717, 1.165) is 31.2 Å². The normalized spacial score (nSPS) is 21.8. The van der Waals surface area contributed by atoms with Crippen molar-refractivity contribution in [3.05, 3.63) is 59.4 Å². The number of hydrogen-bond donors (Lipinski definition) is 0. The first kappa shape index (κ1) is 16.9. The Kier molecular flexibility index (Phi) is 6.54. The number of halogens is 1. The molecule has 1 aromatic rings. The molecule has 0 amide bonds. The average Bonchev–Trinajstić information content (AvgIpc) is 2.61. The zero-order valence-electron chi connectivity index (χ0n) is 12.9. The molecular weight excluding hydrogens is 291 g/mol. The van der Waals surface area contributed by atoms with E-state index in [1.54, 1.807) is 18.2 Å². The lowest BCUT2D eigenvalue weighted by molar-refractivity contribution is 0.0110. The molecule has 0 heterocycles. The highest BCUT2D eigenvalue weighted by molar-refractivity contribution is 5.31. The third-order valence-corrected chi connectivity index (χ3v) is 4.02. The molecule has 0 aromatic heterocycles. The van der Waals surface area contributed by atoms with Crippen molar-refractivity contribution in [3.8, 4) is 12.1 Å². The van der Waals surface area contributed by atoms with E-state index in [4.69, 9.17) is 15.3 Å². The van der Waals surface area contributed by atoms with Gasteiger partial charge in [0.25, 0.3) is 0 Å². The van der Waals surface area contributed by atoms with E-state index in [1.807, 2.05) is 18.2 Å². The Balaban J connectivity index is 1.72. The molecule has 1 fully saturated rings. The summed E-state index contributed by atoms with van der Waals surface area (Å²) >= 11 is 0. The summed E-state index contributed by atoms with van der Waals surface area (Å²) in [5.74, 6) is -0.340. The molecule has 118 valence electrons. The van der Waals surface area contributed by atoms with Crippen LogP contribution in [0.5, 0.6) is 0 Å². The van der Waals surface area contributed by atoms with E-state index in [2.05, 4.69) is 6.07 Å². The lowest BCUT2D eigenvalue weighted by atomic mass is 9.87. The fourth-order valence-electron chi connectivity index (χ4n) is 2.67. The zero-order valence-corrected chi connectivity index (χ0v) is 12.9. The van der Waals surface area contributed by atoms with Gasteiger partial charge in [-0.3, -0.25) is 0 Å². The summed E-state index contributed by atoms with van der Waals surface area (Å²) in [6.45, 7) is 0.562. The summed E-state index contributed by atoms with van der Waals surface area (Å²) < 4.78 is 18.6. The Morgan fingerprint density at radius 2 is 1.87 bits per heavy atom. The minimum atomic E-state index is -0.763. The Hall–Kier alpha value is -2.43. The minimum Gasteiger partial charge on any atom is -0.374 e. The maximum absolute atomic E-state index is 12.7. The highest BCUT2D eigenvalue weighted by Gasteiger charge is 2.19. The third kappa shape index (κ3) is 5.70. The van der Waals surface area contributed by atoms with Crippen LogP contribution < -0.4 is 0 Å². The van der Waals surface area contributed by atoms with Gasteiger partial charge in [0.15, 0.2) is 5.83 Å². The van der Waals surface area contributed by atoms with Crippen molar-refractivity contribution in [1.82, 2.24) is 0 Å². The molecule has 1 aliphatic rings. The molecule has 0 N–H and O–H groups in total. The van der Waals surface area contributed by atoms with E-state index in [1.165, 1.54) is 12.1 Å². The van der Waals surface area contributed by atoms with Gasteiger partial charge in [-0.2, -0.15) is 14.9 Å². The molecule has 0 unspecified atom stereocenters. The highest BCUT2D eigenvalue weighted by Crippen LogP contribution is 2.27. The molecule has 0 aliphatic heterocycles. The molecule has 1 aliphatic carbocycles. The predicted molar refractivity (Wildman–Crippen MR) is 85.6 cm³/mol. The summed E-state index contributed by atoms with van der Waals surface area (Å²) in [5, 5.41) is 17.1. The number of nitriles is 2. The Morgan fingerprint density at radius 3 is 2.48 bits per heavy atom. The number of hydrogen-bond acceptors (Lipinski definition) is 3. The summed E-state index contributed by atoms with van der Waals surface area (Å²) in [6, 6.07) is 11.0. The molecule has 0 bridgehead atoms. The molecule has 0 atom stereocenters. The minimum absolute atomic E-state index is 0.252. The van der Waals surface area contributed by atoms with Crippen molar-refractivity contribution in [2.45, 2.75) is 38.4 Å². The van der Waals surface area contributed by atoms with Gasteiger partial charge in [-0.25, -0.2) is 0 Å². The quantitative estimate of drug-likeness (QED) is 0.591. The first-order valence-corrected chi connectivity index (χ1v) is 7.76. The smallest absolute Gasteiger partial charge is 0.199 e. The largest absolute Gasteiger partial charge is 0.374 e. The molecule has 1 saturated carbocycles. The first-order valence-electron chi connectivity index (χ1n) is 7.76. The molecule has 0 radical (unpaired) electrons. The van der Waals surface area contributed by atoms with Crippen LogP contribution in [0.4, 0.5) is 4.39 Å². The zero-order chi connectivity index (χ0) is 16.5. The van der Waals surface area contributed by atoms with E-state index in [9.17, 15) is 4.39 Å². The van der Waals surface area contributed by atoms with Crippen LogP contribution in [-0.4, -0.2) is 6.10 Å². The summed E-state index contributed by atoms with van der Waals surface area (Å²) in [7, 11) is 0. The second-order valence-electron chi connectivity index (χ2n) is 5.67. The Bertz CT molecular complexity index is 641. The molecule has 4 heteroatoms. The van der Waals surface area contributed by atoms with Gasteiger partial charge in [0.2, 0.25) is 0 Å². The van der Waals surface area contributed by atoms with E-state index >= 15 is 0 Å². The van der Waals surface area contributed by atoms with Crippen LogP contribution in [0.3, 0.4) is 0 Å². The van der Waals surface area contributed by atoms with E-state index < -0.39 is 5.83 Å². The summed E-state index contributed by atoms with van der Waals surface area (Å²) in [5.41, 5.74) is 1.73. The number of rotatable bonds is 5. The first-order chi connectivity index (χ1) is 11.2. The third-order valence-electron chi connectivity index (χ3n) is 4.02. The van der Waals surface area contributed by atoms with E-state index in [-0.39, 0.29) is 6.10 Å². The lowest BCUT2D eigenvalue weighted by Crippen LogP contribution is -2.20. The van der Waals surface area contributed by atoms with Crippen molar-refractivity contribution < 1.29 is 9.13 Å². The topological polar surface area (TPSA) is 56.8 Å². The Labute approximate surface area is 136 Å². The van der Waals surface area contributed by atoms with Crippen molar-refractivity contribution in [2.75, 3.05) is 0 Å². The average molecular weight is 310 g/mol. The van der Waals surface area contributed by atoms with E-state index in [0.29, 0.717) is 18.1 Å². The monoisotopic (exact) mass is 310 g/mol. The maximum atomic E-state index is 12.7. The molecule has 0 saturated heterocycles.